The fourth-order valence-electron chi connectivity index (χ4n) is 4.03. The Labute approximate surface area is 189 Å². The number of fused-ring (bicyclic) bond motifs is 3. The predicted molar refractivity (Wildman–Crippen MR) is 126 cm³/mol. The second-order valence-electron chi connectivity index (χ2n) is 7.44. The normalized spacial score (nSPS) is 15.1. The highest BCUT2D eigenvalue weighted by molar-refractivity contribution is 7.88. The van der Waals surface area contributed by atoms with Gasteiger partial charge in [0.15, 0.2) is 0 Å². The summed E-state index contributed by atoms with van der Waals surface area (Å²) in [5, 5.41) is 7.96. The highest BCUT2D eigenvalue weighted by atomic mass is 35.5. The number of ether oxygens (including phenoxy) is 1. The Morgan fingerprint density at radius 3 is 2.55 bits per heavy atom. The van der Waals surface area contributed by atoms with E-state index in [2.05, 4.69) is 12.1 Å². The molecule has 1 aromatic heterocycles. The van der Waals surface area contributed by atoms with Crippen molar-refractivity contribution in [3.63, 3.8) is 0 Å². The summed E-state index contributed by atoms with van der Waals surface area (Å²) in [5.41, 5.74) is 5.49. The Morgan fingerprint density at radius 2 is 1.81 bits per heavy atom. The zero-order valence-electron chi connectivity index (χ0n) is 16.3. The molecule has 0 aliphatic carbocycles. The van der Waals surface area contributed by atoms with E-state index in [0.29, 0.717) is 10.6 Å². The number of hydrogen-bond acceptors (Lipinski definition) is 4. The molecule has 2 N–H and O–H groups in total. The first-order valence-electron chi connectivity index (χ1n) is 9.62. The number of rotatable bonds is 4. The van der Waals surface area contributed by atoms with Crippen LogP contribution in [0.5, 0.6) is 5.75 Å². The van der Waals surface area contributed by atoms with Crippen molar-refractivity contribution >= 4 is 33.0 Å². The first kappa shape index (κ1) is 20.3. The summed E-state index contributed by atoms with van der Waals surface area (Å²) in [4.78, 5) is 1.14. The van der Waals surface area contributed by atoms with E-state index in [1.54, 1.807) is 11.3 Å². The van der Waals surface area contributed by atoms with E-state index in [9.17, 15) is 8.42 Å². The molecule has 2 heterocycles. The van der Waals surface area contributed by atoms with Crippen molar-refractivity contribution in [3.8, 4) is 27.3 Å². The lowest BCUT2D eigenvalue weighted by Gasteiger charge is -2.31. The van der Waals surface area contributed by atoms with Crippen LogP contribution < -0.4 is 9.88 Å². The van der Waals surface area contributed by atoms with Gasteiger partial charge in [0.25, 0.3) is 0 Å². The summed E-state index contributed by atoms with van der Waals surface area (Å²) in [5.74, 6) is 0.546. The number of hydrogen-bond donors (Lipinski definition) is 1. The van der Waals surface area contributed by atoms with Crippen molar-refractivity contribution in [2.24, 2.45) is 5.14 Å². The average Bonchev–Trinajstić information content (AvgIpc) is 3.26. The number of nitrogens with two attached hydrogens (primary N) is 1. The third kappa shape index (κ3) is 4.00. The fourth-order valence-corrected chi connectivity index (χ4v) is 5.63. The van der Waals surface area contributed by atoms with E-state index in [0.717, 1.165) is 38.4 Å². The molecular formula is C24H18ClNO3S2. The van der Waals surface area contributed by atoms with Crippen molar-refractivity contribution in [2.75, 3.05) is 0 Å². The zero-order chi connectivity index (χ0) is 21.6. The summed E-state index contributed by atoms with van der Waals surface area (Å²) < 4.78 is 29.9. The highest BCUT2D eigenvalue weighted by Gasteiger charge is 2.30. The SMILES string of the molecule is NS(=O)(=O)Cc1ccc2c(c1)C(c1cccc(Cl)c1)Oc1cccc(-c3cccs3)c1-2. The van der Waals surface area contributed by atoms with Crippen LogP contribution in [0.3, 0.4) is 0 Å². The van der Waals surface area contributed by atoms with Gasteiger partial charge in [-0.15, -0.1) is 11.3 Å². The van der Waals surface area contributed by atoms with Crippen LogP contribution in [0.15, 0.2) is 78.2 Å². The van der Waals surface area contributed by atoms with E-state index in [-0.39, 0.29) is 5.75 Å². The minimum absolute atomic E-state index is 0.234. The standard InChI is InChI=1S/C24H18ClNO3S2/c25-17-5-1-4-16(13-17)24-20-12-15(14-31(26,27)28)9-10-18(20)23-19(22-8-3-11-30-22)6-2-7-21(23)29-24/h1-13,24H,14H2,(H2,26,27,28). The van der Waals surface area contributed by atoms with Gasteiger partial charge < -0.3 is 4.74 Å². The van der Waals surface area contributed by atoms with Crippen LogP contribution in [0.1, 0.15) is 22.8 Å². The van der Waals surface area contributed by atoms with Gasteiger partial charge in [0.1, 0.15) is 11.9 Å². The topological polar surface area (TPSA) is 69.4 Å². The third-order valence-electron chi connectivity index (χ3n) is 5.24. The minimum Gasteiger partial charge on any atom is -0.480 e. The van der Waals surface area contributed by atoms with Gasteiger partial charge in [-0.1, -0.05) is 60.1 Å². The van der Waals surface area contributed by atoms with Gasteiger partial charge in [0, 0.05) is 26.6 Å². The molecule has 0 saturated carbocycles. The molecular weight excluding hydrogens is 450 g/mol. The van der Waals surface area contributed by atoms with E-state index in [1.807, 2.05) is 66.0 Å². The van der Waals surface area contributed by atoms with Crippen molar-refractivity contribution in [1.29, 1.82) is 0 Å². The second kappa shape index (κ2) is 7.80. The van der Waals surface area contributed by atoms with Crippen LogP contribution in [-0.2, 0) is 15.8 Å². The molecule has 1 aliphatic heterocycles. The molecule has 0 amide bonds. The van der Waals surface area contributed by atoms with Crippen molar-refractivity contribution < 1.29 is 13.2 Å². The molecule has 5 rings (SSSR count). The Kier molecular flexibility index (Phi) is 5.10. The van der Waals surface area contributed by atoms with Crippen LogP contribution in [0.2, 0.25) is 5.02 Å². The Balaban J connectivity index is 1.74. The maximum absolute atomic E-state index is 11.7. The molecule has 0 spiro atoms. The number of benzene rings is 3. The number of halogens is 1. The lowest BCUT2D eigenvalue weighted by molar-refractivity contribution is 0.243. The second-order valence-corrected chi connectivity index (χ2v) is 10.4. The van der Waals surface area contributed by atoms with Gasteiger partial charge >= 0.3 is 0 Å². The smallest absolute Gasteiger partial charge is 0.213 e. The van der Waals surface area contributed by atoms with Gasteiger partial charge in [0.05, 0.1) is 5.75 Å². The van der Waals surface area contributed by atoms with Crippen molar-refractivity contribution in [2.45, 2.75) is 11.9 Å². The molecule has 4 nitrogen and oxygen atoms in total. The highest BCUT2D eigenvalue weighted by Crippen LogP contribution is 2.49. The average molecular weight is 468 g/mol. The predicted octanol–water partition coefficient (Wildman–Crippen LogP) is 6.01. The van der Waals surface area contributed by atoms with E-state index < -0.39 is 16.1 Å². The van der Waals surface area contributed by atoms with Gasteiger partial charge in [-0.05, 0) is 46.3 Å². The number of thiophene rings is 1. The molecule has 0 bridgehead atoms. The third-order valence-corrected chi connectivity index (χ3v) is 7.12. The lowest BCUT2D eigenvalue weighted by atomic mass is 9.86. The van der Waals surface area contributed by atoms with E-state index in [4.69, 9.17) is 21.5 Å². The molecule has 1 aliphatic rings. The largest absolute Gasteiger partial charge is 0.480 e. The minimum atomic E-state index is -3.66. The van der Waals surface area contributed by atoms with Crippen LogP contribution in [-0.4, -0.2) is 8.42 Å². The Morgan fingerprint density at radius 1 is 0.968 bits per heavy atom. The van der Waals surface area contributed by atoms with E-state index >= 15 is 0 Å². The molecule has 3 aromatic carbocycles. The van der Waals surface area contributed by atoms with Crippen LogP contribution >= 0.6 is 22.9 Å². The summed E-state index contributed by atoms with van der Waals surface area (Å²) >= 11 is 7.92. The maximum atomic E-state index is 11.7. The Bertz CT molecular complexity index is 1380. The molecule has 0 radical (unpaired) electrons. The summed E-state index contributed by atoms with van der Waals surface area (Å²) in [6.07, 6.45) is -0.416. The van der Waals surface area contributed by atoms with Gasteiger partial charge in [0.2, 0.25) is 10.0 Å². The van der Waals surface area contributed by atoms with Crippen LogP contribution in [0, 0.1) is 0 Å². The number of sulfonamides is 1. The summed E-state index contributed by atoms with van der Waals surface area (Å²) in [6.45, 7) is 0. The molecule has 156 valence electrons. The first-order valence-corrected chi connectivity index (χ1v) is 12.6. The van der Waals surface area contributed by atoms with Crippen LogP contribution in [0.25, 0.3) is 21.6 Å². The lowest BCUT2D eigenvalue weighted by Crippen LogP contribution is -2.18. The fraction of sp³-hybridized carbons (Fsp3) is 0.0833. The van der Waals surface area contributed by atoms with E-state index in [1.165, 1.54) is 0 Å². The summed E-state index contributed by atoms with van der Waals surface area (Å²) in [7, 11) is -3.66. The monoisotopic (exact) mass is 467 g/mol. The molecule has 1 atom stereocenters. The number of primary sulfonamides is 1. The quantitative estimate of drug-likeness (QED) is 0.399. The van der Waals surface area contributed by atoms with Crippen molar-refractivity contribution in [1.82, 2.24) is 0 Å². The Hall–Kier alpha value is -2.64. The van der Waals surface area contributed by atoms with Gasteiger partial charge in [-0.25, -0.2) is 13.6 Å². The molecule has 31 heavy (non-hydrogen) atoms. The molecule has 4 aromatic rings. The molecule has 7 heteroatoms. The summed E-state index contributed by atoms with van der Waals surface area (Å²) in [6, 6.07) is 23.3. The molecule has 0 fully saturated rings. The maximum Gasteiger partial charge on any atom is 0.213 e. The van der Waals surface area contributed by atoms with Gasteiger partial charge in [-0.3, -0.25) is 0 Å². The van der Waals surface area contributed by atoms with Crippen molar-refractivity contribution in [3.05, 3.63) is 99.9 Å². The van der Waals surface area contributed by atoms with Gasteiger partial charge in [-0.2, -0.15) is 0 Å². The van der Waals surface area contributed by atoms with Crippen LogP contribution in [0.4, 0.5) is 0 Å². The first-order chi connectivity index (χ1) is 14.9. The molecule has 0 saturated heterocycles. The zero-order valence-corrected chi connectivity index (χ0v) is 18.7. The molecule has 1 unspecified atom stereocenters.